The van der Waals surface area contributed by atoms with E-state index in [1.165, 1.54) is 0 Å². The smallest absolute Gasteiger partial charge is 0.162 e. The summed E-state index contributed by atoms with van der Waals surface area (Å²) in [5.41, 5.74) is 2.99. The van der Waals surface area contributed by atoms with Gasteiger partial charge in [0.2, 0.25) is 0 Å². The summed E-state index contributed by atoms with van der Waals surface area (Å²) < 4.78 is 11.2. The second-order valence-corrected chi connectivity index (χ2v) is 4.92. The van der Waals surface area contributed by atoms with Crippen LogP contribution >= 0.6 is 0 Å². The minimum atomic E-state index is 0.585. The van der Waals surface area contributed by atoms with Crippen molar-refractivity contribution in [3.63, 3.8) is 0 Å². The highest BCUT2D eigenvalue weighted by molar-refractivity contribution is 5.70. The zero-order valence-corrected chi connectivity index (χ0v) is 12.6. The Kier molecular flexibility index (Phi) is 3.64. The van der Waals surface area contributed by atoms with Gasteiger partial charge in [-0.25, -0.2) is 9.97 Å². The molecule has 0 saturated heterocycles. The summed E-state index contributed by atoms with van der Waals surface area (Å²) in [6, 6.07) is 5.94. The highest BCUT2D eigenvalue weighted by Gasteiger charge is 2.16. The molecule has 110 valence electrons. The number of aromatic nitrogens is 2. The van der Waals surface area contributed by atoms with E-state index in [0.29, 0.717) is 13.2 Å². The molecule has 0 aliphatic carbocycles. The first-order valence-corrected chi connectivity index (χ1v) is 7.18. The number of nitrogens with one attached hydrogen (secondary N) is 1. The van der Waals surface area contributed by atoms with Crippen molar-refractivity contribution in [3.8, 4) is 22.8 Å². The molecule has 2 heterocycles. The first-order chi connectivity index (χ1) is 10.2. The van der Waals surface area contributed by atoms with E-state index in [9.17, 15) is 0 Å². The maximum absolute atomic E-state index is 5.65. The molecule has 5 heteroatoms. The molecule has 0 bridgehead atoms. The largest absolute Gasteiger partial charge is 0.486 e. The van der Waals surface area contributed by atoms with Crippen molar-refractivity contribution in [2.24, 2.45) is 0 Å². The normalized spacial score (nSPS) is 13.1. The van der Waals surface area contributed by atoms with Gasteiger partial charge in [-0.2, -0.15) is 0 Å². The molecule has 0 spiro atoms. The lowest BCUT2D eigenvalue weighted by atomic mass is 10.1. The topological polar surface area (TPSA) is 56.3 Å². The molecule has 0 saturated carbocycles. The summed E-state index contributed by atoms with van der Waals surface area (Å²) >= 11 is 0. The summed E-state index contributed by atoms with van der Waals surface area (Å²) in [7, 11) is 1.88. The van der Waals surface area contributed by atoms with E-state index in [0.717, 1.165) is 46.4 Å². The molecule has 1 aromatic carbocycles. The molecule has 0 radical (unpaired) electrons. The fourth-order valence-corrected chi connectivity index (χ4v) is 2.44. The van der Waals surface area contributed by atoms with Crippen LogP contribution in [0.2, 0.25) is 0 Å². The number of hydrogen-bond acceptors (Lipinski definition) is 5. The minimum absolute atomic E-state index is 0.585. The summed E-state index contributed by atoms with van der Waals surface area (Å²) in [6.45, 7) is 5.26. The summed E-state index contributed by atoms with van der Waals surface area (Å²) in [6.07, 6.45) is 0.798. The Bertz CT molecular complexity index is 671. The number of rotatable bonds is 3. The maximum atomic E-state index is 5.65. The Morgan fingerprint density at radius 2 is 1.90 bits per heavy atom. The van der Waals surface area contributed by atoms with Gasteiger partial charge in [0.1, 0.15) is 24.9 Å². The zero-order valence-electron chi connectivity index (χ0n) is 12.6. The van der Waals surface area contributed by atoms with Crippen molar-refractivity contribution in [1.29, 1.82) is 0 Å². The van der Waals surface area contributed by atoms with Crippen LogP contribution in [0.1, 0.15) is 18.3 Å². The Morgan fingerprint density at radius 1 is 1.14 bits per heavy atom. The van der Waals surface area contributed by atoms with Crippen LogP contribution < -0.4 is 14.8 Å². The summed E-state index contributed by atoms with van der Waals surface area (Å²) in [5.74, 6) is 3.27. The van der Waals surface area contributed by atoms with Crippen LogP contribution in [0, 0.1) is 6.92 Å². The highest BCUT2D eigenvalue weighted by Crippen LogP contribution is 2.35. The van der Waals surface area contributed by atoms with Gasteiger partial charge in [-0.15, -0.1) is 0 Å². The predicted octanol–water partition coefficient (Wildman–Crippen LogP) is 2.83. The second kappa shape index (κ2) is 5.60. The number of anilines is 1. The first kappa shape index (κ1) is 13.7. The molecule has 0 amide bonds. The predicted molar refractivity (Wildman–Crippen MR) is 82.1 cm³/mol. The van der Waals surface area contributed by atoms with Crippen LogP contribution in [-0.2, 0) is 6.42 Å². The van der Waals surface area contributed by atoms with Crippen molar-refractivity contribution < 1.29 is 9.47 Å². The Hall–Kier alpha value is -2.30. The van der Waals surface area contributed by atoms with Gasteiger partial charge in [0.15, 0.2) is 11.5 Å². The molecule has 5 nitrogen and oxygen atoms in total. The SMILES string of the molecule is CCc1nc(NC)c(C)c(-c2ccc3c(c2)OCCO3)n1. The van der Waals surface area contributed by atoms with Crippen LogP contribution in [0.25, 0.3) is 11.3 Å². The molecular formula is C16H19N3O2. The van der Waals surface area contributed by atoms with Gasteiger partial charge >= 0.3 is 0 Å². The minimum Gasteiger partial charge on any atom is -0.486 e. The van der Waals surface area contributed by atoms with Gasteiger partial charge in [-0.3, -0.25) is 0 Å². The average molecular weight is 285 g/mol. The van der Waals surface area contributed by atoms with E-state index in [-0.39, 0.29) is 0 Å². The highest BCUT2D eigenvalue weighted by atomic mass is 16.6. The Balaban J connectivity index is 2.11. The monoisotopic (exact) mass is 285 g/mol. The molecular weight excluding hydrogens is 266 g/mol. The molecule has 1 N–H and O–H groups in total. The third-order valence-corrected chi connectivity index (χ3v) is 3.56. The molecule has 1 aliphatic rings. The van der Waals surface area contributed by atoms with E-state index in [1.807, 2.05) is 32.2 Å². The number of nitrogens with zero attached hydrogens (tertiary/aromatic N) is 2. The fraction of sp³-hybridized carbons (Fsp3) is 0.375. The molecule has 0 atom stereocenters. The van der Waals surface area contributed by atoms with Gasteiger partial charge in [0, 0.05) is 24.6 Å². The number of hydrogen-bond donors (Lipinski definition) is 1. The van der Waals surface area contributed by atoms with Crippen LogP contribution in [-0.4, -0.2) is 30.2 Å². The van der Waals surface area contributed by atoms with Gasteiger partial charge in [0.25, 0.3) is 0 Å². The lowest BCUT2D eigenvalue weighted by molar-refractivity contribution is 0.171. The Morgan fingerprint density at radius 3 is 2.62 bits per heavy atom. The van der Waals surface area contributed by atoms with E-state index >= 15 is 0 Å². The molecule has 0 unspecified atom stereocenters. The standard InChI is InChI=1S/C16H19N3O2/c1-4-14-18-15(10(2)16(17-3)19-14)11-5-6-12-13(9-11)21-8-7-20-12/h5-6,9H,4,7-8H2,1-3H3,(H,17,18,19). The quantitative estimate of drug-likeness (QED) is 0.939. The van der Waals surface area contributed by atoms with Crippen molar-refractivity contribution in [3.05, 3.63) is 29.6 Å². The van der Waals surface area contributed by atoms with E-state index < -0.39 is 0 Å². The van der Waals surface area contributed by atoms with Crippen LogP contribution in [0.15, 0.2) is 18.2 Å². The van der Waals surface area contributed by atoms with Gasteiger partial charge in [-0.1, -0.05) is 6.92 Å². The average Bonchev–Trinajstić information content (AvgIpc) is 2.54. The van der Waals surface area contributed by atoms with Gasteiger partial charge in [0.05, 0.1) is 5.69 Å². The van der Waals surface area contributed by atoms with Crippen molar-refractivity contribution >= 4 is 5.82 Å². The maximum Gasteiger partial charge on any atom is 0.162 e. The lowest BCUT2D eigenvalue weighted by Gasteiger charge is -2.19. The van der Waals surface area contributed by atoms with Crippen molar-refractivity contribution in [2.75, 3.05) is 25.6 Å². The molecule has 3 rings (SSSR count). The lowest BCUT2D eigenvalue weighted by Crippen LogP contribution is -2.15. The first-order valence-electron chi connectivity index (χ1n) is 7.18. The zero-order chi connectivity index (χ0) is 14.8. The summed E-state index contributed by atoms with van der Waals surface area (Å²) in [5, 5.41) is 3.14. The Labute approximate surface area is 124 Å². The molecule has 1 aromatic heterocycles. The van der Waals surface area contributed by atoms with E-state index in [1.54, 1.807) is 0 Å². The second-order valence-electron chi connectivity index (χ2n) is 4.92. The molecule has 21 heavy (non-hydrogen) atoms. The number of benzene rings is 1. The van der Waals surface area contributed by atoms with E-state index in [2.05, 4.69) is 22.2 Å². The molecule has 1 aliphatic heterocycles. The number of fused-ring (bicyclic) bond motifs is 1. The molecule has 0 fully saturated rings. The number of aryl methyl sites for hydroxylation is 1. The fourth-order valence-electron chi connectivity index (χ4n) is 2.44. The van der Waals surface area contributed by atoms with Gasteiger partial charge < -0.3 is 14.8 Å². The van der Waals surface area contributed by atoms with Crippen molar-refractivity contribution in [1.82, 2.24) is 9.97 Å². The van der Waals surface area contributed by atoms with Gasteiger partial charge in [-0.05, 0) is 25.1 Å². The third-order valence-electron chi connectivity index (χ3n) is 3.56. The summed E-state index contributed by atoms with van der Waals surface area (Å²) in [4.78, 5) is 9.18. The van der Waals surface area contributed by atoms with Crippen LogP contribution in [0.3, 0.4) is 0 Å². The van der Waals surface area contributed by atoms with E-state index in [4.69, 9.17) is 9.47 Å². The van der Waals surface area contributed by atoms with Crippen LogP contribution in [0.4, 0.5) is 5.82 Å². The third kappa shape index (κ3) is 2.51. The van der Waals surface area contributed by atoms with Crippen LogP contribution in [0.5, 0.6) is 11.5 Å². The molecule has 2 aromatic rings. The number of ether oxygens (including phenoxy) is 2. The van der Waals surface area contributed by atoms with Crippen molar-refractivity contribution in [2.45, 2.75) is 20.3 Å².